The number of aromatic amines is 1. The number of aromatic nitrogens is 2. The summed E-state index contributed by atoms with van der Waals surface area (Å²) in [5, 5.41) is 0.264. The van der Waals surface area contributed by atoms with E-state index in [-0.39, 0.29) is 27.3 Å². The summed E-state index contributed by atoms with van der Waals surface area (Å²) in [4.78, 5) is 22.0. The van der Waals surface area contributed by atoms with E-state index in [0.717, 1.165) is 5.57 Å². The van der Waals surface area contributed by atoms with Gasteiger partial charge in [0, 0.05) is 18.7 Å². The fourth-order valence-corrected chi connectivity index (χ4v) is 2.52. The van der Waals surface area contributed by atoms with Gasteiger partial charge in [-0.15, -0.1) is 0 Å². The van der Waals surface area contributed by atoms with E-state index in [0.29, 0.717) is 6.42 Å². The molecular weight excluding hydrogens is 394 g/mol. The summed E-state index contributed by atoms with van der Waals surface area (Å²) in [6, 6.07) is 3.83. The van der Waals surface area contributed by atoms with E-state index in [1.54, 1.807) is 6.92 Å². The first-order valence-corrected chi connectivity index (χ1v) is 7.98. The molecule has 1 N–H and O–H groups in total. The Balaban J connectivity index is 2.07. The van der Waals surface area contributed by atoms with Gasteiger partial charge in [0.15, 0.2) is 11.5 Å². The number of aliphatic imine (C=N–C) groups is 1. The molecule has 0 bridgehead atoms. The fraction of sp³-hybridized carbons (Fsp3) is 0.188. The Morgan fingerprint density at radius 1 is 1.23 bits per heavy atom. The Morgan fingerprint density at radius 3 is 2.54 bits per heavy atom. The third-order valence-electron chi connectivity index (χ3n) is 3.42. The zero-order valence-corrected chi connectivity index (χ0v) is 14.6. The molecule has 10 heteroatoms. The lowest BCUT2D eigenvalue weighted by atomic mass is 10.2. The monoisotopic (exact) mass is 403 g/mol. The molecule has 2 heterocycles. The molecule has 136 valence electrons. The van der Waals surface area contributed by atoms with Crippen molar-refractivity contribution in [3.63, 3.8) is 0 Å². The number of ether oxygens (including phenoxy) is 1. The molecule has 1 aromatic carbocycles. The first-order chi connectivity index (χ1) is 12.1. The molecule has 0 radical (unpaired) electrons. The van der Waals surface area contributed by atoms with Gasteiger partial charge in [0.05, 0.1) is 15.8 Å². The highest BCUT2D eigenvalue weighted by molar-refractivity contribution is 6.42. The lowest BCUT2D eigenvalue weighted by Gasteiger charge is -2.14. The highest BCUT2D eigenvalue weighted by Crippen LogP contribution is 2.36. The molecule has 0 amide bonds. The average Bonchev–Trinajstić information content (AvgIpc) is 2.98. The van der Waals surface area contributed by atoms with Crippen LogP contribution >= 0.6 is 23.2 Å². The number of halogens is 5. The second-order valence-corrected chi connectivity index (χ2v) is 6.31. The summed E-state index contributed by atoms with van der Waals surface area (Å²) < 4.78 is 45.4. The molecule has 1 aromatic heterocycles. The minimum atomic E-state index is -4.91. The Hall–Kier alpha value is -2.32. The quantitative estimate of drug-likeness (QED) is 0.785. The maximum atomic E-state index is 13.4. The van der Waals surface area contributed by atoms with Gasteiger partial charge in [-0.2, -0.15) is 13.2 Å². The highest BCUT2D eigenvalue weighted by atomic mass is 35.5. The second-order valence-electron chi connectivity index (χ2n) is 5.50. The zero-order valence-electron chi connectivity index (χ0n) is 13.1. The maximum Gasteiger partial charge on any atom is 0.437 e. The van der Waals surface area contributed by atoms with E-state index in [2.05, 4.69) is 15.0 Å². The molecule has 0 spiro atoms. The fourth-order valence-electron chi connectivity index (χ4n) is 2.23. The average molecular weight is 404 g/mol. The minimum Gasteiger partial charge on any atom is -0.449 e. The summed E-state index contributed by atoms with van der Waals surface area (Å²) in [5.41, 5.74) is -1.45. The number of nitrogens with one attached hydrogen (secondary N) is 1. The van der Waals surface area contributed by atoms with Gasteiger partial charge in [-0.3, -0.25) is 9.79 Å². The Morgan fingerprint density at radius 2 is 1.96 bits per heavy atom. The van der Waals surface area contributed by atoms with Gasteiger partial charge >= 0.3 is 6.18 Å². The van der Waals surface area contributed by atoms with E-state index in [4.69, 9.17) is 27.9 Å². The first-order valence-electron chi connectivity index (χ1n) is 7.22. The number of rotatable bonds is 3. The van der Waals surface area contributed by atoms with Crippen molar-refractivity contribution in [2.24, 2.45) is 4.99 Å². The van der Waals surface area contributed by atoms with Crippen molar-refractivity contribution in [2.75, 3.05) is 0 Å². The van der Waals surface area contributed by atoms with Crippen LogP contribution in [-0.4, -0.2) is 15.7 Å². The van der Waals surface area contributed by atoms with Crippen LogP contribution in [0.15, 0.2) is 39.8 Å². The SMILES string of the molecule is CC1=CN=C(c2nc(C(F)(F)F)c(Oc3ccc(Cl)c(Cl)c3)c(=O)[nH]2)C1. The molecule has 0 unspecified atom stereocenters. The topological polar surface area (TPSA) is 67.3 Å². The predicted octanol–water partition coefficient (Wildman–Crippen LogP) is 4.98. The number of hydrogen-bond acceptors (Lipinski definition) is 4. The molecule has 0 fully saturated rings. The minimum absolute atomic E-state index is 0.0700. The van der Waals surface area contributed by atoms with E-state index in [1.165, 1.54) is 24.4 Å². The van der Waals surface area contributed by atoms with Crippen molar-refractivity contribution in [1.82, 2.24) is 9.97 Å². The van der Waals surface area contributed by atoms with Gasteiger partial charge in [-0.05, 0) is 24.6 Å². The molecule has 0 saturated carbocycles. The molecule has 0 atom stereocenters. The number of alkyl halides is 3. The van der Waals surface area contributed by atoms with Crippen LogP contribution in [0.4, 0.5) is 13.2 Å². The molecule has 1 aliphatic heterocycles. The van der Waals surface area contributed by atoms with Gasteiger partial charge in [-0.1, -0.05) is 23.2 Å². The molecule has 2 aromatic rings. The van der Waals surface area contributed by atoms with Gasteiger partial charge < -0.3 is 9.72 Å². The number of hydrogen-bond donors (Lipinski definition) is 1. The van der Waals surface area contributed by atoms with Gasteiger partial charge in [0.2, 0.25) is 5.75 Å². The Bertz CT molecular complexity index is 997. The van der Waals surface area contributed by atoms with Crippen LogP contribution < -0.4 is 10.3 Å². The molecule has 0 aliphatic carbocycles. The smallest absolute Gasteiger partial charge is 0.437 e. The van der Waals surface area contributed by atoms with Crippen molar-refractivity contribution in [1.29, 1.82) is 0 Å². The van der Waals surface area contributed by atoms with Gasteiger partial charge in [0.1, 0.15) is 5.75 Å². The van der Waals surface area contributed by atoms with Crippen LogP contribution in [0, 0.1) is 0 Å². The molecule has 0 saturated heterocycles. The standard InChI is InChI=1S/C16H10Cl2F3N3O2/c1-7-4-11(22-6-7)14-23-13(16(19,20)21)12(15(25)24-14)26-8-2-3-9(17)10(18)5-8/h2-3,5-6H,4H2,1H3,(H,23,24,25). The predicted molar refractivity (Wildman–Crippen MR) is 91.3 cm³/mol. The number of H-pyrrole nitrogens is 1. The van der Waals surface area contributed by atoms with E-state index in [1.807, 2.05) is 0 Å². The van der Waals surface area contributed by atoms with Crippen molar-refractivity contribution >= 4 is 28.9 Å². The zero-order chi connectivity index (χ0) is 19.1. The largest absolute Gasteiger partial charge is 0.449 e. The number of allylic oxidation sites excluding steroid dienone is 1. The second kappa shape index (κ2) is 6.77. The molecule has 1 aliphatic rings. The van der Waals surface area contributed by atoms with Crippen molar-refractivity contribution in [3.8, 4) is 11.5 Å². The highest BCUT2D eigenvalue weighted by Gasteiger charge is 2.39. The van der Waals surface area contributed by atoms with E-state index < -0.39 is 23.2 Å². The number of nitrogens with zero attached hydrogens (tertiary/aromatic N) is 2. The van der Waals surface area contributed by atoms with Crippen LogP contribution in [-0.2, 0) is 6.18 Å². The van der Waals surface area contributed by atoms with Crippen molar-refractivity contribution < 1.29 is 17.9 Å². The Labute approximate surface area is 155 Å². The molecule has 3 rings (SSSR count). The number of benzene rings is 1. The normalized spacial score (nSPS) is 14.2. The molecule has 26 heavy (non-hydrogen) atoms. The summed E-state index contributed by atoms with van der Waals surface area (Å²) >= 11 is 11.6. The van der Waals surface area contributed by atoms with Gasteiger partial charge in [0.25, 0.3) is 5.56 Å². The van der Waals surface area contributed by atoms with Crippen molar-refractivity contribution in [2.45, 2.75) is 19.5 Å². The lowest BCUT2D eigenvalue weighted by Crippen LogP contribution is -2.24. The van der Waals surface area contributed by atoms with Crippen LogP contribution in [0.3, 0.4) is 0 Å². The summed E-state index contributed by atoms with van der Waals surface area (Å²) in [6.45, 7) is 1.76. The van der Waals surface area contributed by atoms with E-state index in [9.17, 15) is 18.0 Å². The summed E-state index contributed by atoms with van der Waals surface area (Å²) in [5.74, 6) is -1.32. The van der Waals surface area contributed by atoms with Crippen LogP contribution in [0.25, 0.3) is 0 Å². The lowest BCUT2D eigenvalue weighted by molar-refractivity contribution is -0.142. The van der Waals surface area contributed by atoms with Crippen LogP contribution in [0.2, 0.25) is 10.0 Å². The summed E-state index contributed by atoms with van der Waals surface area (Å²) in [6.07, 6.45) is -3.11. The van der Waals surface area contributed by atoms with E-state index >= 15 is 0 Å². The Kier molecular flexibility index (Phi) is 4.81. The maximum absolute atomic E-state index is 13.4. The first kappa shape index (κ1) is 18.5. The van der Waals surface area contributed by atoms with Crippen LogP contribution in [0.1, 0.15) is 24.9 Å². The van der Waals surface area contributed by atoms with Gasteiger partial charge in [-0.25, -0.2) is 4.98 Å². The van der Waals surface area contributed by atoms with Crippen LogP contribution in [0.5, 0.6) is 11.5 Å². The third kappa shape index (κ3) is 3.76. The van der Waals surface area contributed by atoms with Crippen molar-refractivity contribution in [3.05, 3.63) is 61.9 Å². The summed E-state index contributed by atoms with van der Waals surface area (Å²) in [7, 11) is 0. The molecular formula is C16H10Cl2F3N3O2. The molecule has 5 nitrogen and oxygen atoms in total. The third-order valence-corrected chi connectivity index (χ3v) is 4.16.